The number of hydrogen-bond donors (Lipinski definition) is 0. The fraction of sp³-hybridized carbons (Fsp3) is 0.500. The van der Waals surface area contributed by atoms with Gasteiger partial charge in [-0.2, -0.15) is 0 Å². The summed E-state index contributed by atoms with van der Waals surface area (Å²) in [5.41, 5.74) is 1.15. The normalized spacial score (nSPS) is 28.5. The van der Waals surface area contributed by atoms with Gasteiger partial charge >= 0.3 is 0 Å². The van der Waals surface area contributed by atoms with Gasteiger partial charge in [-0.3, -0.25) is 0 Å². The Bertz CT molecular complexity index is 383. The van der Waals surface area contributed by atoms with Crippen molar-refractivity contribution >= 4 is 23.2 Å². The first-order chi connectivity index (χ1) is 7.21. The quantitative estimate of drug-likeness (QED) is 0.583. The predicted molar refractivity (Wildman–Crippen MR) is 61.8 cm³/mol. The molecular weight excluding hydrogens is 231 g/mol. The summed E-state index contributed by atoms with van der Waals surface area (Å²) in [6, 6.07) is 7.95. The summed E-state index contributed by atoms with van der Waals surface area (Å²) < 4.78 is 5.40. The van der Waals surface area contributed by atoms with Gasteiger partial charge in [-0.15, -0.1) is 11.6 Å². The van der Waals surface area contributed by atoms with E-state index in [1.807, 2.05) is 18.2 Å². The Hall–Kier alpha value is -0.240. The molecule has 0 amide bonds. The molecule has 1 aromatic carbocycles. The van der Waals surface area contributed by atoms with Crippen molar-refractivity contribution in [2.45, 2.75) is 29.7 Å². The van der Waals surface area contributed by atoms with E-state index in [1.165, 1.54) is 0 Å². The van der Waals surface area contributed by atoms with Crippen LogP contribution in [0.4, 0.5) is 0 Å². The minimum atomic E-state index is -0.0911. The van der Waals surface area contributed by atoms with Crippen LogP contribution < -0.4 is 0 Å². The fourth-order valence-electron chi connectivity index (χ4n) is 2.22. The standard InChI is InChI=1S/C12H12Cl2O/c13-9-4-2-1-3-8(9)11(10-7-15-10)12(14)5-6-12/h1-4,10-11H,5-7H2. The predicted octanol–water partition coefficient (Wildman–Crippen LogP) is 3.59. The Labute approximate surface area is 99.3 Å². The Morgan fingerprint density at radius 2 is 2.00 bits per heavy atom. The molecule has 80 valence electrons. The van der Waals surface area contributed by atoms with Gasteiger partial charge in [-0.25, -0.2) is 0 Å². The number of hydrogen-bond acceptors (Lipinski definition) is 1. The number of halogens is 2. The molecule has 15 heavy (non-hydrogen) atoms. The summed E-state index contributed by atoms with van der Waals surface area (Å²) in [4.78, 5) is -0.0911. The number of benzene rings is 1. The van der Waals surface area contributed by atoms with Gasteiger partial charge in [0, 0.05) is 10.9 Å². The third-order valence-electron chi connectivity index (χ3n) is 3.26. The first-order valence-electron chi connectivity index (χ1n) is 5.26. The zero-order chi connectivity index (χ0) is 10.5. The van der Waals surface area contributed by atoms with E-state index in [1.54, 1.807) is 0 Å². The lowest BCUT2D eigenvalue weighted by Gasteiger charge is -2.21. The van der Waals surface area contributed by atoms with Crippen LogP contribution in [0.1, 0.15) is 24.3 Å². The van der Waals surface area contributed by atoms with Gasteiger partial charge in [0.2, 0.25) is 0 Å². The van der Waals surface area contributed by atoms with E-state index in [0.717, 1.165) is 30.0 Å². The number of alkyl halides is 1. The molecule has 2 aliphatic rings. The highest BCUT2D eigenvalue weighted by Crippen LogP contribution is 2.57. The second kappa shape index (κ2) is 3.38. The second-order valence-corrected chi connectivity index (χ2v) is 5.57. The Morgan fingerprint density at radius 3 is 2.53 bits per heavy atom. The molecule has 1 nitrogen and oxygen atoms in total. The van der Waals surface area contributed by atoms with E-state index in [9.17, 15) is 0 Å². The molecule has 0 bridgehead atoms. The molecule has 1 saturated heterocycles. The molecule has 0 spiro atoms. The SMILES string of the molecule is Clc1ccccc1C(C1CO1)C1(Cl)CC1. The summed E-state index contributed by atoms with van der Waals surface area (Å²) in [5, 5.41) is 0.810. The van der Waals surface area contributed by atoms with E-state index < -0.39 is 0 Å². The van der Waals surface area contributed by atoms with E-state index in [-0.39, 0.29) is 16.9 Å². The molecule has 1 aliphatic carbocycles. The lowest BCUT2D eigenvalue weighted by Crippen LogP contribution is -2.20. The van der Waals surface area contributed by atoms with Crippen LogP contribution in [0.25, 0.3) is 0 Å². The minimum absolute atomic E-state index is 0.0911. The molecule has 1 aromatic rings. The average Bonchev–Trinajstić information content (AvgIpc) is 3.09. The lowest BCUT2D eigenvalue weighted by atomic mass is 9.90. The zero-order valence-electron chi connectivity index (χ0n) is 8.25. The van der Waals surface area contributed by atoms with Crippen molar-refractivity contribution in [2.24, 2.45) is 0 Å². The van der Waals surface area contributed by atoms with Gasteiger partial charge in [0.25, 0.3) is 0 Å². The van der Waals surface area contributed by atoms with E-state index in [4.69, 9.17) is 27.9 Å². The van der Waals surface area contributed by atoms with E-state index >= 15 is 0 Å². The average molecular weight is 243 g/mol. The number of rotatable bonds is 3. The third kappa shape index (κ3) is 1.77. The van der Waals surface area contributed by atoms with Gasteiger partial charge in [-0.1, -0.05) is 29.8 Å². The van der Waals surface area contributed by atoms with E-state index in [2.05, 4.69) is 6.07 Å². The van der Waals surface area contributed by atoms with Crippen molar-refractivity contribution < 1.29 is 4.74 Å². The van der Waals surface area contributed by atoms with Crippen molar-refractivity contribution in [1.82, 2.24) is 0 Å². The zero-order valence-corrected chi connectivity index (χ0v) is 9.76. The topological polar surface area (TPSA) is 12.5 Å². The molecule has 3 rings (SSSR count). The number of epoxide rings is 1. The molecule has 1 saturated carbocycles. The molecule has 0 N–H and O–H groups in total. The second-order valence-electron chi connectivity index (χ2n) is 4.41. The van der Waals surface area contributed by atoms with Crippen LogP contribution >= 0.6 is 23.2 Å². The van der Waals surface area contributed by atoms with Crippen molar-refractivity contribution in [3.8, 4) is 0 Å². The molecular formula is C12H12Cl2O. The highest BCUT2D eigenvalue weighted by atomic mass is 35.5. The molecule has 0 radical (unpaired) electrons. The monoisotopic (exact) mass is 242 g/mol. The minimum Gasteiger partial charge on any atom is -0.372 e. The Morgan fingerprint density at radius 1 is 1.33 bits per heavy atom. The van der Waals surface area contributed by atoms with Gasteiger partial charge in [0.1, 0.15) is 0 Å². The maximum absolute atomic E-state index is 6.51. The van der Waals surface area contributed by atoms with Gasteiger partial charge < -0.3 is 4.74 Å². The summed E-state index contributed by atoms with van der Waals surface area (Å²) in [7, 11) is 0. The first-order valence-corrected chi connectivity index (χ1v) is 6.01. The van der Waals surface area contributed by atoms with Crippen LogP contribution in [-0.4, -0.2) is 17.6 Å². The van der Waals surface area contributed by atoms with E-state index in [0.29, 0.717) is 0 Å². The summed E-state index contributed by atoms with van der Waals surface area (Å²) in [6.45, 7) is 0.824. The molecule has 1 heterocycles. The smallest absolute Gasteiger partial charge is 0.0895 e. The molecule has 0 aromatic heterocycles. The van der Waals surface area contributed by atoms with Crippen LogP contribution in [-0.2, 0) is 4.74 Å². The van der Waals surface area contributed by atoms with Gasteiger partial charge in [0.15, 0.2) is 0 Å². The van der Waals surface area contributed by atoms with Crippen molar-refractivity contribution in [3.63, 3.8) is 0 Å². The van der Waals surface area contributed by atoms with Crippen LogP contribution in [0.15, 0.2) is 24.3 Å². The summed E-state index contributed by atoms with van der Waals surface area (Å²) in [5.74, 6) is 0.271. The van der Waals surface area contributed by atoms with Crippen LogP contribution in [0.2, 0.25) is 5.02 Å². The van der Waals surface area contributed by atoms with Crippen LogP contribution in [0.3, 0.4) is 0 Å². The highest BCUT2D eigenvalue weighted by molar-refractivity contribution is 6.32. The largest absolute Gasteiger partial charge is 0.372 e. The molecule has 2 atom stereocenters. The molecule has 2 fully saturated rings. The lowest BCUT2D eigenvalue weighted by molar-refractivity contribution is 0.364. The van der Waals surface area contributed by atoms with Crippen molar-refractivity contribution in [3.05, 3.63) is 34.9 Å². The first kappa shape index (κ1) is 9.95. The van der Waals surface area contributed by atoms with Crippen molar-refractivity contribution in [1.29, 1.82) is 0 Å². The Kier molecular flexibility index (Phi) is 2.24. The summed E-state index contributed by atoms with van der Waals surface area (Å²) in [6.07, 6.45) is 2.43. The fourth-order valence-corrected chi connectivity index (χ4v) is 2.82. The van der Waals surface area contributed by atoms with Crippen LogP contribution in [0.5, 0.6) is 0 Å². The third-order valence-corrected chi connectivity index (χ3v) is 4.21. The Balaban J connectivity index is 1.98. The maximum atomic E-state index is 6.51. The highest BCUT2D eigenvalue weighted by Gasteiger charge is 2.55. The van der Waals surface area contributed by atoms with Crippen LogP contribution in [0, 0.1) is 0 Å². The molecule has 3 heteroatoms. The number of ether oxygens (including phenoxy) is 1. The van der Waals surface area contributed by atoms with Crippen molar-refractivity contribution in [2.75, 3.05) is 6.61 Å². The summed E-state index contributed by atoms with van der Waals surface area (Å²) >= 11 is 12.7. The molecule has 2 unspecified atom stereocenters. The van der Waals surface area contributed by atoms with Gasteiger partial charge in [0.05, 0.1) is 17.6 Å². The molecule has 1 aliphatic heterocycles. The van der Waals surface area contributed by atoms with Gasteiger partial charge in [-0.05, 0) is 24.5 Å². The maximum Gasteiger partial charge on any atom is 0.0895 e.